The lowest BCUT2D eigenvalue weighted by atomic mass is 10.0. The second-order valence-corrected chi connectivity index (χ2v) is 6.68. The third-order valence-electron chi connectivity index (χ3n) is 4.37. The number of aryl methyl sites for hydroxylation is 2. The molecule has 0 saturated carbocycles. The zero-order valence-corrected chi connectivity index (χ0v) is 14.9. The molecule has 0 radical (unpaired) electrons. The molecule has 124 valence electrons. The summed E-state index contributed by atoms with van der Waals surface area (Å²) >= 11 is 5.89. The van der Waals surface area contributed by atoms with Gasteiger partial charge in [-0.1, -0.05) is 23.7 Å². The maximum absolute atomic E-state index is 12.5. The van der Waals surface area contributed by atoms with Gasteiger partial charge in [-0.2, -0.15) is 0 Å². The van der Waals surface area contributed by atoms with Crippen LogP contribution in [-0.2, 0) is 17.8 Å². The fourth-order valence-corrected chi connectivity index (χ4v) is 2.85. The Hall–Kier alpha value is -2.26. The highest BCUT2D eigenvalue weighted by molar-refractivity contribution is 6.30. The summed E-state index contributed by atoms with van der Waals surface area (Å²) in [5.74, 6) is 0.0610. The summed E-state index contributed by atoms with van der Waals surface area (Å²) in [5, 5.41) is 1.72. The van der Waals surface area contributed by atoms with Crippen molar-refractivity contribution in [3.8, 4) is 0 Å². The van der Waals surface area contributed by atoms with Crippen molar-refractivity contribution in [3.05, 3.63) is 69.9 Å². The van der Waals surface area contributed by atoms with Gasteiger partial charge in [0.15, 0.2) is 0 Å². The number of nitrogens with zero attached hydrogens (tertiary/aromatic N) is 1. The minimum Gasteiger partial charge on any atom is -0.464 e. The lowest BCUT2D eigenvalue weighted by molar-refractivity contribution is -0.129. The Kier molecular flexibility index (Phi) is 4.63. The average Bonchev–Trinajstić information content (AvgIpc) is 2.92. The van der Waals surface area contributed by atoms with E-state index in [1.54, 1.807) is 11.2 Å². The zero-order chi connectivity index (χ0) is 17.3. The lowest BCUT2D eigenvalue weighted by Crippen LogP contribution is -2.27. The van der Waals surface area contributed by atoms with Gasteiger partial charge < -0.3 is 9.32 Å². The first-order valence-corrected chi connectivity index (χ1v) is 8.27. The van der Waals surface area contributed by atoms with Crippen LogP contribution >= 0.6 is 11.6 Å². The van der Waals surface area contributed by atoms with Gasteiger partial charge in [-0.3, -0.25) is 4.79 Å². The number of rotatable bonds is 4. The average molecular weight is 342 g/mol. The molecule has 0 saturated heterocycles. The Labute approximate surface area is 146 Å². The van der Waals surface area contributed by atoms with Gasteiger partial charge in [0, 0.05) is 29.6 Å². The Balaban J connectivity index is 1.74. The second-order valence-electron chi connectivity index (χ2n) is 6.25. The first kappa shape index (κ1) is 16.6. The molecule has 0 atom stereocenters. The van der Waals surface area contributed by atoms with Crippen molar-refractivity contribution in [2.75, 3.05) is 7.05 Å². The molecule has 1 heterocycles. The number of carbonyl (C=O) groups is 1. The van der Waals surface area contributed by atoms with Crippen molar-refractivity contribution in [2.24, 2.45) is 0 Å². The molecule has 0 spiro atoms. The number of hydrogen-bond donors (Lipinski definition) is 0. The maximum Gasteiger partial charge on any atom is 0.227 e. The summed E-state index contributed by atoms with van der Waals surface area (Å²) in [6.07, 6.45) is 2.02. The molecule has 2 aromatic carbocycles. The molecule has 4 heteroatoms. The van der Waals surface area contributed by atoms with Crippen molar-refractivity contribution in [2.45, 2.75) is 26.8 Å². The minimum atomic E-state index is 0.0610. The molecule has 0 unspecified atom stereocenters. The molecule has 0 aliphatic heterocycles. The number of furan rings is 1. The van der Waals surface area contributed by atoms with Crippen LogP contribution in [0.25, 0.3) is 11.0 Å². The van der Waals surface area contributed by atoms with Gasteiger partial charge in [0.05, 0.1) is 12.7 Å². The molecule has 0 aliphatic rings. The summed E-state index contributed by atoms with van der Waals surface area (Å²) in [7, 11) is 1.81. The summed E-state index contributed by atoms with van der Waals surface area (Å²) in [5.41, 5.74) is 5.21. The van der Waals surface area contributed by atoms with Crippen molar-refractivity contribution in [1.29, 1.82) is 0 Å². The van der Waals surface area contributed by atoms with Crippen LogP contribution < -0.4 is 0 Å². The van der Waals surface area contributed by atoms with E-state index in [2.05, 4.69) is 19.9 Å². The summed E-state index contributed by atoms with van der Waals surface area (Å²) in [6.45, 7) is 4.69. The van der Waals surface area contributed by atoms with Gasteiger partial charge >= 0.3 is 0 Å². The molecule has 0 N–H and O–H groups in total. The molecule has 0 fully saturated rings. The third-order valence-corrected chi connectivity index (χ3v) is 4.62. The highest BCUT2D eigenvalue weighted by Gasteiger charge is 2.15. The van der Waals surface area contributed by atoms with E-state index >= 15 is 0 Å². The van der Waals surface area contributed by atoms with Gasteiger partial charge in [0.25, 0.3) is 0 Å². The number of carbonyl (C=O) groups excluding carboxylic acids is 1. The number of likely N-dealkylation sites (N-methyl/N-ethyl adjacent to an activating group) is 1. The number of halogens is 1. The Morgan fingerprint density at radius 3 is 2.50 bits per heavy atom. The first-order chi connectivity index (χ1) is 11.4. The molecule has 24 heavy (non-hydrogen) atoms. The van der Waals surface area contributed by atoms with E-state index in [0.29, 0.717) is 18.0 Å². The first-order valence-electron chi connectivity index (χ1n) is 7.90. The van der Waals surface area contributed by atoms with Crippen molar-refractivity contribution in [1.82, 2.24) is 4.90 Å². The quantitative estimate of drug-likeness (QED) is 0.676. The fraction of sp³-hybridized carbons (Fsp3) is 0.250. The van der Waals surface area contributed by atoms with Gasteiger partial charge in [0.2, 0.25) is 5.91 Å². The van der Waals surface area contributed by atoms with E-state index in [-0.39, 0.29) is 5.91 Å². The molecule has 3 aromatic rings. The van der Waals surface area contributed by atoms with Crippen LogP contribution in [0.3, 0.4) is 0 Å². The third kappa shape index (κ3) is 3.46. The van der Waals surface area contributed by atoms with Crippen LogP contribution in [0.15, 0.2) is 47.1 Å². The normalized spacial score (nSPS) is 11.0. The number of hydrogen-bond acceptors (Lipinski definition) is 2. The molecular formula is C20H20ClNO2. The predicted molar refractivity (Wildman–Crippen MR) is 97.3 cm³/mol. The lowest BCUT2D eigenvalue weighted by Gasteiger charge is -2.17. The molecule has 0 aliphatic carbocycles. The smallest absolute Gasteiger partial charge is 0.227 e. The van der Waals surface area contributed by atoms with Crippen LogP contribution in [-0.4, -0.2) is 17.9 Å². The largest absolute Gasteiger partial charge is 0.464 e. The van der Waals surface area contributed by atoms with Crippen molar-refractivity contribution < 1.29 is 9.21 Å². The molecular weight excluding hydrogens is 322 g/mol. The molecule has 1 amide bonds. The van der Waals surface area contributed by atoms with E-state index in [0.717, 1.165) is 22.1 Å². The topological polar surface area (TPSA) is 33.5 Å². The van der Waals surface area contributed by atoms with Crippen molar-refractivity contribution >= 4 is 28.5 Å². The summed E-state index contributed by atoms with van der Waals surface area (Å²) < 4.78 is 5.61. The highest BCUT2D eigenvalue weighted by Crippen LogP contribution is 2.25. The van der Waals surface area contributed by atoms with Gasteiger partial charge in [-0.05, 0) is 54.8 Å². The van der Waals surface area contributed by atoms with Crippen LogP contribution in [0, 0.1) is 13.8 Å². The Morgan fingerprint density at radius 1 is 1.12 bits per heavy atom. The molecule has 3 rings (SSSR count). The number of fused-ring (bicyclic) bond motifs is 1. The minimum absolute atomic E-state index is 0.0610. The van der Waals surface area contributed by atoms with Crippen molar-refractivity contribution in [3.63, 3.8) is 0 Å². The molecule has 0 bridgehead atoms. The monoisotopic (exact) mass is 341 g/mol. The predicted octanol–water partition coefficient (Wildman–Crippen LogP) is 4.90. The summed E-state index contributed by atoms with van der Waals surface area (Å²) in [6, 6.07) is 11.7. The van der Waals surface area contributed by atoms with E-state index in [1.165, 1.54) is 11.1 Å². The number of benzene rings is 2. The van der Waals surface area contributed by atoms with Gasteiger partial charge in [0.1, 0.15) is 5.58 Å². The van der Waals surface area contributed by atoms with E-state index in [9.17, 15) is 4.79 Å². The molecule has 3 nitrogen and oxygen atoms in total. The van der Waals surface area contributed by atoms with E-state index < -0.39 is 0 Å². The number of amides is 1. The van der Waals surface area contributed by atoms with Gasteiger partial charge in [-0.15, -0.1) is 0 Å². The fourth-order valence-electron chi connectivity index (χ4n) is 2.72. The Bertz CT molecular complexity index is 881. The summed E-state index contributed by atoms with van der Waals surface area (Å²) in [4.78, 5) is 14.3. The Morgan fingerprint density at radius 2 is 1.79 bits per heavy atom. The van der Waals surface area contributed by atoms with Crippen LogP contribution in [0.2, 0.25) is 5.02 Å². The zero-order valence-electron chi connectivity index (χ0n) is 14.1. The highest BCUT2D eigenvalue weighted by atomic mass is 35.5. The van der Waals surface area contributed by atoms with Gasteiger partial charge in [-0.25, -0.2) is 0 Å². The maximum atomic E-state index is 12.5. The molecule has 1 aromatic heterocycles. The van der Waals surface area contributed by atoms with Crippen LogP contribution in [0.5, 0.6) is 0 Å². The standard InChI is InChI=1S/C20H20ClNO2/c1-13-8-18-16(12-24-19(18)9-14(13)2)10-20(23)22(3)11-15-4-6-17(21)7-5-15/h4-9,12H,10-11H2,1-3H3. The second kappa shape index (κ2) is 6.70. The van der Waals surface area contributed by atoms with Crippen LogP contribution in [0.4, 0.5) is 0 Å². The SMILES string of the molecule is Cc1cc2occ(CC(=O)N(C)Cc3ccc(Cl)cc3)c2cc1C. The van der Waals surface area contributed by atoms with E-state index in [1.807, 2.05) is 37.4 Å². The van der Waals surface area contributed by atoms with Crippen LogP contribution in [0.1, 0.15) is 22.3 Å². The van der Waals surface area contributed by atoms with E-state index in [4.69, 9.17) is 16.0 Å².